The lowest BCUT2D eigenvalue weighted by Crippen LogP contribution is -2.43. The molecule has 1 heterocycles. The number of carbonyl (C=O) groups excluding carboxylic acids is 2. The van der Waals surface area contributed by atoms with Crippen LogP contribution in [-0.4, -0.2) is 30.9 Å². The highest BCUT2D eigenvalue weighted by Crippen LogP contribution is 2.32. The molecule has 0 bridgehead atoms. The number of methoxy groups -OCH3 is 1. The molecule has 2 aromatic carbocycles. The van der Waals surface area contributed by atoms with Crippen molar-refractivity contribution in [2.75, 3.05) is 13.7 Å². The van der Waals surface area contributed by atoms with Crippen LogP contribution in [0.3, 0.4) is 0 Å². The number of allylic oxidation sites excluding steroid dienone is 1. The molecule has 0 aromatic heterocycles. The minimum Gasteiger partial charge on any atom is -0.497 e. The van der Waals surface area contributed by atoms with Crippen molar-refractivity contribution < 1.29 is 14.3 Å². The molecule has 1 aliphatic rings. The summed E-state index contributed by atoms with van der Waals surface area (Å²) in [5.74, 6) is 0.416. The quantitative estimate of drug-likeness (QED) is 0.547. The van der Waals surface area contributed by atoms with Gasteiger partial charge in [0.1, 0.15) is 5.75 Å². The normalized spacial score (nSPS) is 16.3. The lowest BCUT2D eigenvalue weighted by molar-refractivity contribution is 0.0939. The highest BCUT2D eigenvalue weighted by molar-refractivity contribution is 6.10. The van der Waals surface area contributed by atoms with E-state index in [0.29, 0.717) is 17.7 Å². The Morgan fingerprint density at radius 2 is 1.84 bits per heavy atom. The Kier molecular flexibility index (Phi) is 6.25. The van der Waals surface area contributed by atoms with Crippen LogP contribution >= 0.6 is 0 Å². The van der Waals surface area contributed by atoms with Crippen LogP contribution in [0.5, 0.6) is 5.75 Å². The molecular weight excluding hydrogens is 388 g/mol. The lowest BCUT2D eigenvalue weighted by Gasteiger charge is -2.35. The highest BCUT2D eigenvalue weighted by Gasteiger charge is 2.28. The number of hydrogen-bond acceptors (Lipinski definition) is 4. The first-order chi connectivity index (χ1) is 14.5. The van der Waals surface area contributed by atoms with Gasteiger partial charge in [0, 0.05) is 40.5 Å². The van der Waals surface area contributed by atoms with E-state index in [1.807, 2.05) is 12.1 Å². The Labute approximate surface area is 184 Å². The molecule has 1 aliphatic heterocycles. The Bertz CT molecular complexity index is 1030. The summed E-state index contributed by atoms with van der Waals surface area (Å²) in [6.45, 7) is 11.0. The fraction of sp³-hybridized carbons (Fsp3) is 0.385. The number of rotatable bonds is 5. The highest BCUT2D eigenvalue weighted by atomic mass is 16.5. The van der Waals surface area contributed by atoms with Gasteiger partial charge in [-0.25, -0.2) is 0 Å². The molecule has 0 atom stereocenters. The molecule has 164 valence electrons. The Balaban J connectivity index is 1.89. The summed E-state index contributed by atoms with van der Waals surface area (Å²) >= 11 is 0. The largest absolute Gasteiger partial charge is 0.497 e. The SMILES string of the molecule is COc1ccc2c(c1)C(=CC(=O)c1cccc(C(=O)NCC(C)(C)C)c1)NC(C)(C)C2. The summed E-state index contributed by atoms with van der Waals surface area (Å²) in [6.07, 6.45) is 2.46. The third-order valence-electron chi connectivity index (χ3n) is 5.18. The zero-order valence-corrected chi connectivity index (χ0v) is 19.3. The van der Waals surface area contributed by atoms with Crippen molar-refractivity contribution in [2.24, 2.45) is 5.41 Å². The average Bonchev–Trinajstić information content (AvgIpc) is 2.70. The smallest absolute Gasteiger partial charge is 0.251 e. The first-order valence-electron chi connectivity index (χ1n) is 10.6. The fourth-order valence-corrected chi connectivity index (χ4v) is 3.63. The lowest BCUT2D eigenvalue weighted by atomic mass is 9.85. The van der Waals surface area contributed by atoms with Gasteiger partial charge in [-0.15, -0.1) is 0 Å². The number of hydrogen-bond donors (Lipinski definition) is 2. The molecule has 0 fully saturated rings. The van der Waals surface area contributed by atoms with Crippen LogP contribution < -0.4 is 15.4 Å². The molecule has 0 saturated heterocycles. The minimum atomic E-state index is -0.178. The molecule has 2 N–H and O–H groups in total. The molecule has 31 heavy (non-hydrogen) atoms. The van der Waals surface area contributed by atoms with Crippen LogP contribution in [0.4, 0.5) is 0 Å². The van der Waals surface area contributed by atoms with Crippen molar-refractivity contribution >= 4 is 17.4 Å². The van der Waals surface area contributed by atoms with Gasteiger partial charge < -0.3 is 15.4 Å². The van der Waals surface area contributed by atoms with Gasteiger partial charge in [0.2, 0.25) is 0 Å². The fourth-order valence-electron chi connectivity index (χ4n) is 3.63. The van der Waals surface area contributed by atoms with Crippen molar-refractivity contribution in [3.63, 3.8) is 0 Å². The maximum absolute atomic E-state index is 13.1. The van der Waals surface area contributed by atoms with Gasteiger partial charge in [0.25, 0.3) is 5.91 Å². The average molecular weight is 421 g/mol. The molecular formula is C26H32N2O3. The van der Waals surface area contributed by atoms with Crippen LogP contribution in [0.25, 0.3) is 5.70 Å². The van der Waals surface area contributed by atoms with E-state index in [1.54, 1.807) is 37.5 Å². The maximum Gasteiger partial charge on any atom is 0.251 e. The summed E-state index contributed by atoms with van der Waals surface area (Å²) in [7, 11) is 1.63. The van der Waals surface area contributed by atoms with Gasteiger partial charge in [-0.3, -0.25) is 9.59 Å². The van der Waals surface area contributed by atoms with E-state index in [0.717, 1.165) is 23.4 Å². The van der Waals surface area contributed by atoms with Gasteiger partial charge >= 0.3 is 0 Å². The zero-order valence-electron chi connectivity index (χ0n) is 19.3. The number of benzene rings is 2. The van der Waals surface area contributed by atoms with E-state index in [9.17, 15) is 9.59 Å². The van der Waals surface area contributed by atoms with Crippen LogP contribution in [-0.2, 0) is 6.42 Å². The number of carbonyl (C=O) groups is 2. The monoisotopic (exact) mass is 420 g/mol. The molecule has 0 radical (unpaired) electrons. The zero-order chi connectivity index (χ0) is 22.8. The molecule has 0 spiro atoms. The van der Waals surface area contributed by atoms with Gasteiger partial charge in [-0.1, -0.05) is 39.0 Å². The van der Waals surface area contributed by atoms with E-state index >= 15 is 0 Å². The van der Waals surface area contributed by atoms with Crippen molar-refractivity contribution in [3.05, 3.63) is 70.8 Å². The number of amides is 1. The van der Waals surface area contributed by atoms with Crippen LogP contribution in [0, 0.1) is 5.41 Å². The number of ketones is 1. The number of ether oxygens (including phenoxy) is 1. The first-order valence-corrected chi connectivity index (χ1v) is 10.6. The second-order valence-electron chi connectivity index (χ2n) is 9.96. The Morgan fingerprint density at radius 1 is 1.13 bits per heavy atom. The predicted molar refractivity (Wildman–Crippen MR) is 124 cm³/mol. The molecule has 0 unspecified atom stereocenters. The third-order valence-corrected chi connectivity index (χ3v) is 5.18. The second-order valence-corrected chi connectivity index (χ2v) is 9.96. The summed E-state index contributed by atoms with van der Waals surface area (Å²) in [5, 5.41) is 6.41. The molecule has 2 aromatic rings. The molecule has 5 nitrogen and oxygen atoms in total. The predicted octanol–water partition coefficient (Wildman–Crippen LogP) is 4.62. The van der Waals surface area contributed by atoms with Crippen molar-refractivity contribution in [3.8, 4) is 5.75 Å². The van der Waals surface area contributed by atoms with E-state index < -0.39 is 0 Å². The van der Waals surface area contributed by atoms with Crippen molar-refractivity contribution in [1.82, 2.24) is 10.6 Å². The summed E-state index contributed by atoms with van der Waals surface area (Å²) in [4.78, 5) is 25.6. The van der Waals surface area contributed by atoms with E-state index in [1.165, 1.54) is 5.56 Å². The molecule has 0 aliphatic carbocycles. The van der Waals surface area contributed by atoms with Crippen molar-refractivity contribution in [1.29, 1.82) is 0 Å². The standard InChI is InChI=1S/C26H32N2O3/c1-25(2,3)16-27-24(30)18-9-7-8-17(12-18)23(29)14-22-21-13-20(31-6)11-10-19(21)15-26(4,5)28-22/h7-14,28H,15-16H2,1-6H3,(H,27,30). The third kappa shape index (κ3) is 5.75. The van der Waals surface area contributed by atoms with Crippen LogP contribution in [0.15, 0.2) is 48.5 Å². The van der Waals surface area contributed by atoms with Gasteiger partial charge in [0.15, 0.2) is 5.78 Å². The Morgan fingerprint density at radius 3 is 2.52 bits per heavy atom. The topological polar surface area (TPSA) is 67.4 Å². The van der Waals surface area contributed by atoms with E-state index in [2.05, 4.69) is 51.3 Å². The summed E-state index contributed by atoms with van der Waals surface area (Å²) in [5.41, 5.74) is 3.66. The maximum atomic E-state index is 13.1. The molecule has 3 rings (SSSR count). The number of nitrogens with one attached hydrogen (secondary N) is 2. The van der Waals surface area contributed by atoms with Crippen LogP contribution in [0.1, 0.15) is 66.5 Å². The van der Waals surface area contributed by atoms with Gasteiger partial charge in [-0.05, 0) is 55.5 Å². The van der Waals surface area contributed by atoms with E-state index in [-0.39, 0.29) is 22.6 Å². The molecule has 0 saturated carbocycles. The first kappa shape index (κ1) is 22.6. The number of fused-ring (bicyclic) bond motifs is 1. The molecule has 5 heteroatoms. The molecule has 1 amide bonds. The minimum absolute atomic E-state index is 0.0125. The Hall–Kier alpha value is -3.08. The second kappa shape index (κ2) is 8.58. The van der Waals surface area contributed by atoms with Gasteiger partial charge in [0.05, 0.1) is 7.11 Å². The van der Waals surface area contributed by atoms with E-state index in [4.69, 9.17) is 4.74 Å². The van der Waals surface area contributed by atoms with Crippen molar-refractivity contribution in [2.45, 2.75) is 46.6 Å². The van der Waals surface area contributed by atoms with Gasteiger partial charge in [-0.2, -0.15) is 0 Å². The van der Waals surface area contributed by atoms with Crippen LogP contribution in [0.2, 0.25) is 0 Å². The summed E-state index contributed by atoms with van der Waals surface area (Å²) < 4.78 is 5.37. The summed E-state index contributed by atoms with van der Waals surface area (Å²) in [6, 6.07) is 12.8.